The predicted octanol–water partition coefficient (Wildman–Crippen LogP) is 4.71. The molecule has 0 unspecified atom stereocenters. The Kier molecular flexibility index (Phi) is 3.56. The van der Waals surface area contributed by atoms with Gasteiger partial charge in [-0.3, -0.25) is 4.79 Å². The first-order valence-corrected chi connectivity index (χ1v) is 7.94. The van der Waals surface area contributed by atoms with Gasteiger partial charge in [-0.1, -0.05) is 52.0 Å². The molecule has 1 heterocycles. The molecule has 114 valence electrons. The average molecular weight is 293 g/mol. The number of aryl methyl sites for hydroxylation is 1. The molecule has 2 heteroatoms. The van der Waals surface area contributed by atoms with E-state index in [4.69, 9.17) is 0 Å². The lowest BCUT2D eigenvalue weighted by Gasteiger charge is -2.21. The highest BCUT2D eigenvalue weighted by atomic mass is 16.2. The van der Waals surface area contributed by atoms with Crippen molar-refractivity contribution in [2.24, 2.45) is 0 Å². The Labute approximate surface area is 132 Å². The van der Waals surface area contributed by atoms with E-state index in [1.54, 1.807) is 0 Å². The fraction of sp³-hybridized carbons (Fsp3) is 0.350. The lowest BCUT2D eigenvalue weighted by Crippen LogP contribution is -2.23. The molecular weight excluding hydrogens is 270 g/mol. The van der Waals surface area contributed by atoms with E-state index in [1.165, 1.54) is 11.1 Å². The summed E-state index contributed by atoms with van der Waals surface area (Å²) in [5.74, 6) is 0.119. The van der Waals surface area contributed by atoms with Gasteiger partial charge in [-0.2, -0.15) is 0 Å². The van der Waals surface area contributed by atoms with Gasteiger partial charge in [-0.15, -0.1) is 0 Å². The molecule has 2 nitrogen and oxygen atoms in total. The van der Waals surface area contributed by atoms with Crippen molar-refractivity contribution in [1.82, 2.24) is 0 Å². The Hall–Kier alpha value is -2.09. The summed E-state index contributed by atoms with van der Waals surface area (Å²) < 4.78 is 0. The fourth-order valence-electron chi connectivity index (χ4n) is 2.92. The number of amides is 1. The van der Waals surface area contributed by atoms with Gasteiger partial charge in [-0.25, -0.2) is 0 Å². The monoisotopic (exact) mass is 293 g/mol. The highest BCUT2D eigenvalue weighted by Crippen LogP contribution is 2.31. The maximum Gasteiger partial charge on any atom is 0.258 e. The summed E-state index contributed by atoms with van der Waals surface area (Å²) in [6.45, 7) is 9.39. The van der Waals surface area contributed by atoms with Gasteiger partial charge in [-0.05, 0) is 46.7 Å². The number of benzene rings is 2. The molecular formula is C20H23NO. The number of carbonyl (C=O) groups excluding carboxylic acids is 1. The van der Waals surface area contributed by atoms with Crippen LogP contribution in [0, 0.1) is 0 Å². The summed E-state index contributed by atoms with van der Waals surface area (Å²) >= 11 is 0. The van der Waals surface area contributed by atoms with Crippen LogP contribution < -0.4 is 4.90 Å². The molecule has 2 aromatic carbocycles. The first-order chi connectivity index (χ1) is 10.4. The SMILES string of the molecule is CCc1ccc2c(c1)C(=O)N(c1ccc(C(C)(C)C)cc1)C2. The van der Waals surface area contributed by atoms with Crippen molar-refractivity contribution in [3.8, 4) is 0 Å². The van der Waals surface area contributed by atoms with Gasteiger partial charge in [0.2, 0.25) is 0 Å². The number of anilines is 1. The summed E-state index contributed by atoms with van der Waals surface area (Å²) in [4.78, 5) is 14.5. The first kappa shape index (κ1) is 14.8. The van der Waals surface area contributed by atoms with Crippen molar-refractivity contribution >= 4 is 11.6 Å². The molecule has 1 aliphatic rings. The lowest BCUT2D eigenvalue weighted by atomic mass is 9.87. The van der Waals surface area contributed by atoms with Crippen LogP contribution in [0.5, 0.6) is 0 Å². The normalized spacial score (nSPS) is 14.4. The zero-order valence-corrected chi connectivity index (χ0v) is 13.8. The summed E-state index contributed by atoms with van der Waals surface area (Å²) in [7, 11) is 0. The molecule has 3 rings (SSSR count). The minimum atomic E-state index is 0.119. The molecule has 0 N–H and O–H groups in total. The zero-order valence-electron chi connectivity index (χ0n) is 13.8. The van der Waals surface area contributed by atoms with Crippen LogP contribution in [0.3, 0.4) is 0 Å². The van der Waals surface area contributed by atoms with Crippen LogP contribution in [-0.2, 0) is 18.4 Å². The van der Waals surface area contributed by atoms with Gasteiger partial charge in [0.05, 0.1) is 6.54 Å². The Morgan fingerprint density at radius 2 is 1.73 bits per heavy atom. The molecule has 1 aliphatic heterocycles. The fourth-order valence-corrected chi connectivity index (χ4v) is 2.92. The molecule has 0 aromatic heterocycles. The quantitative estimate of drug-likeness (QED) is 0.785. The maximum atomic E-state index is 12.7. The number of hydrogen-bond acceptors (Lipinski definition) is 1. The van der Waals surface area contributed by atoms with Crippen molar-refractivity contribution in [1.29, 1.82) is 0 Å². The Balaban J connectivity index is 1.90. The summed E-state index contributed by atoms with van der Waals surface area (Å²) in [5.41, 5.74) is 5.60. The molecule has 0 saturated heterocycles. The molecule has 0 spiro atoms. The molecule has 22 heavy (non-hydrogen) atoms. The maximum absolute atomic E-state index is 12.7. The molecule has 0 fully saturated rings. The van der Waals surface area contributed by atoms with Crippen molar-refractivity contribution in [3.05, 3.63) is 64.7 Å². The van der Waals surface area contributed by atoms with Gasteiger partial charge in [0.15, 0.2) is 0 Å². The largest absolute Gasteiger partial charge is 0.304 e. The van der Waals surface area contributed by atoms with E-state index in [0.717, 1.165) is 23.2 Å². The van der Waals surface area contributed by atoms with Gasteiger partial charge in [0.1, 0.15) is 0 Å². The van der Waals surface area contributed by atoms with E-state index in [2.05, 4.69) is 64.1 Å². The second kappa shape index (κ2) is 5.28. The van der Waals surface area contributed by atoms with E-state index in [9.17, 15) is 4.79 Å². The van der Waals surface area contributed by atoms with E-state index < -0.39 is 0 Å². The summed E-state index contributed by atoms with van der Waals surface area (Å²) in [5, 5.41) is 0. The molecule has 0 bridgehead atoms. The molecule has 2 aromatic rings. The molecule has 1 amide bonds. The van der Waals surface area contributed by atoms with Crippen molar-refractivity contribution in [2.45, 2.75) is 46.1 Å². The minimum Gasteiger partial charge on any atom is -0.304 e. The van der Waals surface area contributed by atoms with Crippen LogP contribution in [-0.4, -0.2) is 5.91 Å². The summed E-state index contributed by atoms with van der Waals surface area (Å²) in [6.07, 6.45) is 0.959. The highest BCUT2D eigenvalue weighted by Gasteiger charge is 2.28. The minimum absolute atomic E-state index is 0.119. The first-order valence-electron chi connectivity index (χ1n) is 7.94. The van der Waals surface area contributed by atoms with Crippen LogP contribution in [0.4, 0.5) is 5.69 Å². The van der Waals surface area contributed by atoms with Crippen LogP contribution in [0.15, 0.2) is 42.5 Å². The smallest absolute Gasteiger partial charge is 0.258 e. The third-order valence-corrected chi connectivity index (χ3v) is 4.43. The van der Waals surface area contributed by atoms with E-state index >= 15 is 0 Å². The lowest BCUT2D eigenvalue weighted by molar-refractivity contribution is 0.0996. The van der Waals surface area contributed by atoms with Crippen LogP contribution in [0.1, 0.15) is 54.7 Å². The second-order valence-corrected chi connectivity index (χ2v) is 7.03. The van der Waals surface area contributed by atoms with Crippen LogP contribution >= 0.6 is 0 Å². The Morgan fingerprint density at radius 1 is 1.05 bits per heavy atom. The topological polar surface area (TPSA) is 20.3 Å². The Morgan fingerprint density at radius 3 is 2.32 bits per heavy atom. The van der Waals surface area contributed by atoms with E-state index in [0.29, 0.717) is 6.54 Å². The van der Waals surface area contributed by atoms with Gasteiger partial charge in [0, 0.05) is 11.3 Å². The number of rotatable bonds is 2. The highest BCUT2D eigenvalue weighted by molar-refractivity contribution is 6.10. The van der Waals surface area contributed by atoms with Crippen LogP contribution in [0.25, 0.3) is 0 Å². The summed E-state index contributed by atoms with van der Waals surface area (Å²) in [6, 6.07) is 14.6. The van der Waals surface area contributed by atoms with Gasteiger partial charge < -0.3 is 4.90 Å². The predicted molar refractivity (Wildman–Crippen MR) is 91.5 cm³/mol. The van der Waals surface area contributed by atoms with Crippen molar-refractivity contribution in [2.75, 3.05) is 4.90 Å². The third kappa shape index (κ3) is 2.54. The third-order valence-electron chi connectivity index (χ3n) is 4.43. The van der Waals surface area contributed by atoms with Crippen molar-refractivity contribution < 1.29 is 4.79 Å². The van der Waals surface area contributed by atoms with Gasteiger partial charge >= 0.3 is 0 Å². The number of hydrogen-bond donors (Lipinski definition) is 0. The standard InChI is InChI=1S/C20H23NO/c1-5-14-6-7-15-13-21(19(22)18(15)12-14)17-10-8-16(9-11-17)20(2,3)4/h6-12H,5,13H2,1-4H3. The molecule has 0 radical (unpaired) electrons. The molecule has 0 saturated carbocycles. The molecule has 0 atom stereocenters. The van der Waals surface area contributed by atoms with Crippen molar-refractivity contribution in [3.63, 3.8) is 0 Å². The zero-order chi connectivity index (χ0) is 15.9. The van der Waals surface area contributed by atoms with Gasteiger partial charge in [0.25, 0.3) is 5.91 Å². The Bertz CT molecular complexity index is 707. The van der Waals surface area contributed by atoms with E-state index in [-0.39, 0.29) is 11.3 Å². The van der Waals surface area contributed by atoms with E-state index in [1.807, 2.05) is 11.0 Å². The average Bonchev–Trinajstić information content (AvgIpc) is 2.83. The number of fused-ring (bicyclic) bond motifs is 1. The second-order valence-electron chi connectivity index (χ2n) is 7.03. The van der Waals surface area contributed by atoms with Crippen LogP contribution in [0.2, 0.25) is 0 Å². The number of nitrogens with zero attached hydrogens (tertiary/aromatic N) is 1. The number of carbonyl (C=O) groups is 1. The molecule has 0 aliphatic carbocycles.